The maximum atomic E-state index is 6.30. The number of hydrogen-bond acceptors (Lipinski definition) is 3. The van der Waals surface area contributed by atoms with Crippen molar-refractivity contribution in [2.24, 2.45) is 0 Å². The summed E-state index contributed by atoms with van der Waals surface area (Å²) in [5.41, 5.74) is 9.70. The molecule has 0 amide bonds. The Labute approximate surface area is 243 Å². The summed E-state index contributed by atoms with van der Waals surface area (Å²) in [6.07, 6.45) is 3.60. The molecule has 0 radical (unpaired) electrons. The fourth-order valence-electron chi connectivity index (χ4n) is 5.96. The van der Waals surface area contributed by atoms with Gasteiger partial charge in [0.1, 0.15) is 5.58 Å². The molecule has 42 heavy (non-hydrogen) atoms. The molecule has 8 aromatic rings. The predicted molar refractivity (Wildman–Crippen MR) is 175 cm³/mol. The van der Waals surface area contributed by atoms with Gasteiger partial charge in [0, 0.05) is 39.3 Å². The van der Waals surface area contributed by atoms with Crippen LogP contribution in [-0.2, 0) is 0 Å². The van der Waals surface area contributed by atoms with E-state index >= 15 is 0 Å². The minimum Gasteiger partial charge on any atom is -0.454 e. The zero-order valence-electron chi connectivity index (χ0n) is 22.8. The van der Waals surface area contributed by atoms with Crippen LogP contribution in [0.5, 0.6) is 0 Å². The molecule has 0 aliphatic heterocycles. The number of fused-ring (bicyclic) bond motifs is 5. The van der Waals surface area contributed by atoms with Gasteiger partial charge in [-0.05, 0) is 70.6 Å². The molecule has 0 aliphatic carbocycles. The van der Waals surface area contributed by atoms with E-state index in [1.807, 2.05) is 12.3 Å². The number of anilines is 3. The largest absolute Gasteiger partial charge is 0.454 e. The fraction of sp³-hybridized carbons (Fsp3) is 0. The Morgan fingerprint density at radius 1 is 0.500 bits per heavy atom. The van der Waals surface area contributed by atoms with Gasteiger partial charge in [0.05, 0.1) is 11.9 Å². The number of nitrogens with zero attached hydrogens (tertiary/aromatic N) is 2. The van der Waals surface area contributed by atoms with E-state index in [1.54, 1.807) is 6.20 Å². The lowest BCUT2D eigenvalue weighted by atomic mass is 10.00. The van der Waals surface area contributed by atoms with Crippen LogP contribution in [-0.4, -0.2) is 4.98 Å². The Bertz CT molecular complexity index is 2200. The average molecular weight is 539 g/mol. The minimum atomic E-state index is 0.806. The second-order valence-electron chi connectivity index (χ2n) is 10.5. The van der Waals surface area contributed by atoms with Crippen molar-refractivity contribution < 1.29 is 4.42 Å². The molecular formula is C39H26N2O. The number of pyridine rings is 1. The van der Waals surface area contributed by atoms with Crippen molar-refractivity contribution in [3.05, 3.63) is 158 Å². The highest BCUT2D eigenvalue weighted by molar-refractivity contribution is 6.15. The SMILES string of the molecule is c1ccc(-c2cccc(N(c3ccc4c(ccc5c6ccncc6oc45)c3)c3ccccc3-c3ccccc3)c2)cc1. The van der Waals surface area contributed by atoms with Gasteiger partial charge in [-0.15, -0.1) is 0 Å². The second-order valence-corrected chi connectivity index (χ2v) is 10.5. The van der Waals surface area contributed by atoms with Crippen molar-refractivity contribution in [3.63, 3.8) is 0 Å². The summed E-state index contributed by atoms with van der Waals surface area (Å²) in [5.74, 6) is 0. The molecule has 8 rings (SSSR count). The van der Waals surface area contributed by atoms with Crippen molar-refractivity contribution >= 4 is 49.8 Å². The maximum absolute atomic E-state index is 6.30. The van der Waals surface area contributed by atoms with Gasteiger partial charge in [0.15, 0.2) is 5.58 Å². The van der Waals surface area contributed by atoms with Crippen molar-refractivity contribution in [3.8, 4) is 22.3 Å². The first kappa shape index (κ1) is 24.2. The van der Waals surface area contributed by atoms with E-state index in [2.05, 4.69) is 149 Å². The van der Waals surface area contributed by atoms with Crippen LogP contribution >= 0.6 is 0 Å². The lowest BCUT2D eigenvalue weighted by Crippen LogP contribution is -2.11. The highest BCUT2D eigenvalue weighted by Crippen LogP contribution is 2.43. The lowest BCUT2D eigenvalue weighted by Gasteiger charge is -2.28. The molecule has 0 bridgehead atoms. The summed E-state index contributed by atoms with van der Waals surface area (Å²) < 4.78 is 6.30. The van der Waals surface area contributed by atoms with Crippen LogP contribution in [0.25, 0.3) is 55.0 Å². The maximum Gasteiger partial charge on any atom is 0.153 e. The van der Waals surface area contributed by atoms with Crippen LogP contribution < -0.4 is 4.90 Å². The monoisotopic (exact) mass is 538 g/mol. The third kappa shape index (κ3) is 4.11. The molecule has 0 aliphatic rings. The van der Waals surface area contributed by atoms with E-state index in [0.717, 1.165) is 49.8 Å². The molecule has 6 aromatic carbocycles. The molecule has 0 atom stereocenters. The molecule has 0 spiro atoms. The normalized spacial score (nSPS) is 11.3. The van der Waals surface area contributed by atoms with E-state index in [1.165, 1.54) is 22.3 Å². The zero-order valence-corrected chi connectivity index (χ0v) is 22.8. The lowest BCUT2D eigenvalue weighted by molar-refractivity contribution is 0.670. The molecule has 2 aromatic heterocycles. The Morgan fingerprint density at radius 2 is 1.21 bits per heavy atom. The molecule has 3 heteroatoms. The third-order valence-corrected chi connectivity index (χ3v) is 7.94. The van der Waals surface area contributed by atoms with E-state index in [9.17, 15) is 0 Å². The van der Waals surface area contributed by atoms with Crippen molar-refractivity contribution in [1.29, 1.82) is 0 Å². The quantitative estimate of drug-likeness (QED) is 0.218. The first-order valence-corrected chi connectivity index (χ1v) is 14.1. The van der Waals surface area contributed by atoms with Gasteiger partial charge in [-0.3, -0.25) is 4.98 Å². The summed E-state index contributed by atoms with van der Waals surface area (Å²) in [6.45, 7) is 0. The van der Waals surface area contributed by atoms with Crippen LogP contribution in [0.4, 0.5) is 17.1 Å². The number of rotatable bonds is 5. The van der Waals surface area contributed by atoms with Crippen LogP contribution in [0, 0.1) is 0 Å². The van der Waals surface area contributed by atoms with Crippen molar-refractivity contribution in [2.45, 2.75) is 0 Å². The van der Waals surface area contributed by atoms with Crippen LogP contribution in [0.1, 0.15) is 0 Å². The molecule has 198 valence electrons. The Hall–Kier alpha value is -5.67. The molecule has 0 fully saturated rings. The van der Waals surface area contributed by atoms with E-state index < -0.39 is 0 Å². The molecule has 0 N–H and O–H groups in total. The highest BCUT2D eigenvalue weighted by atomic mass is 16.3. The minimum absolute atomic E-state index is 0.806. The summed E-state index contributed by atoms with van der Waals surface area (Å²) >= 11 is 0. The smallest absolute Gasteiger partial charge is 0.153 e. The van der Waals surface area contributed by atoms with Crippen molar-refractivity contribution in [2.75, 3.05) is 4.90 Å². The number of benzene rings is 6. The molecule has 0 unspecified atom stereocenters. The molecule has 2 heterocycles. The molecule has 0 saturated heterocycles. The Morgan fingerprint density at radius 3 is 2.07 bits per heavy atom. The van der Waals surface area contributed by atoms with E-state index in [-0.39, 0.29) is 0 Å². The summed E-state index contributed by atoms with van der Waals surface area (Å²) in [5, 5.41) is 4.40. The first-order chi connectivity index (χ1) is 20.8. The standard InChI is InChI=1S/C39H26N2O/c1-3-10-27(11-4-1)29-14-9-15-31(24-29)41(37-17-8-7-16-33(37)28-12-5-2-6-13-28)32-19-21-34-30(25-32)18-20-36-35-22-23-40-26-38(35)42-39(34)36/h1-26H. The molecule has 3 nitrogen and oxygen atoms in total. The van der Waals surface area contributed by atoms with E-state index in [4.69, 9.17) is 4.42 Å². The number of hydrogen-bond donors (Lipinski definition) is 0. The third-order valence-electron chi connectivity index (χ3n) is 7.94. The number of para-hydroxylation sites is 1. The van der Waals surface area contributed by atoms with Gasteiger partial charge >= 0.3 is 0 Å². The first-order valence-electron chi connectivity index (χ1n) is 14.1. The average Bonchev–Trinajstić information content (AvgIpc) is 3.45. The topological polar surface area (TPSA) is 29.3 Å². The van der Waals surface area contributed by atoms with Gasteiger partial charge < -0.3 is 9.32 Å². The predicted octanol–water partition coefficient (Wildman–Crippen LogP) is 10.9. The van der Waals surface area contributed by atoms with Crippen molar-refractivity contribution in [1.82, 2.24) is 4.98 Å². The number of furan rings is 1. The fourth-order valence-corrected chi connectivity index (χ4v) is 5.96. The molecular weight excluding hydrogens is 512 g/mol. The molecule has 0 saturated carbocycles. The highest BCUT2D eigenvalue weighted by Gasteiger charge is 2.19. The summed E-state index contributed by atoms with van der Waals surface area (Å²) in [6, 6.07) is 51.6. The van der Waals surface area contributed by atoms with Gasteiger partial charge in [-0.2, -0.15) is 0 Å². The van der Waals surface area contributed by atoms with Gasteiger partial charge in [0.25, 0.3) is 0 Å². The van der Waals surface area contributed by atoms with Crippen LogP contribution in [0.15, 0.2) is 162 Å². The number of aromatic nitrogens is 1. The van der Waals surface area contributed by atoms with Crippen LogP contribution in [0.3, 0.4) is 0 Å². The summed E-state index contributed by atoms with van der Waals surface area (Å²) in [7, 11) is 0. The van der Waals surface area contributed by atoms with Crippen LogP contribution in [0.2, 0.25) is 0 Å². The van der Waals surface area contributed by atoms with Gasteiger partial charge in [-0.25, -0.2) is 0 Å². The zero-order chi connectivity index (χ0) is 27.9. The Balaban J connectivity index is 1.35. The van der Waals surface area contributed by atoms with Gasteiger partial charge in [-0.1, -0.05) is 97.1 Å². The van der Waals surface area contributed by atoms with E-state index in [0.29, 0.717) is 0 Å². The van der Waals surface area contributed by atoms with Gasteiger partial charge in [0.2, 0.25) is 0 Å². The second kappa shape index (κ2) is 10.1. The summed E-state index contributed by atoms with van der Waals surface area (Å²) in [4.78, 5) is 6.62. The Kier molecular flexibility index (Phi) is 5.79.